The topological polar surface area (TPSA) is 66.9 Å². The molecule has 5 nitrogen and oxygen atoms in total. The number of carbonyl (C=O) groups excluding carboxylic acids is 1. The molecule has 0 aliphatic rings. The zero-order valence-corrected chi connectivity index (χ0v) is 10.8. The summed E-state index contributed by atoms with van der Waals surface area (Å²) in [5.74, 6) is -0.123. The number of benzene rings is 1. The number of anilines is 1. The fraction of sp³-hybridized carbons (Fsp3) is 0.214. The van der Waals surface area contributed by atoms with E-state index in [2.05, 4.69) is 20.8 Å². The molecule has 0 aliphatic heterocycles. The highest BCUT2D eigenvalue weighted by atomic mass is 16.1. The highest BCUT2D eigenvalue weighted by Crippen LogP contribution is 2.14. The number of rotatable bonds is 5. The van der Waals surface area contributed by atoms with Gasteiger partial charge >= 0.3 is 0 Å². The average molecular weight is 256 g/mol. The Hall–Kier alpha value is -2.43. The van der Waals surface area contributed by atoms with Crippen molar-refractivity contribution in [1.82, 2.24) is 15.5 Å². The van der Waals surface area contributed by atoms with Crippen LogP contribution >= 0.6 is 0 Å². The molecular weight excluding hydrogens is 240 g/mol. The summed E-state index contributed by atoms with van der Waals surface area (Å²) in [7, 11) is 0. The first-order valence-electron chi connectivity index (χ1n) is 6.19. The normalized spacial score (nSPS) is 9.95. The van der Waals surface area contributed by atoms with E-state index in [1.54, 1.807) is 18.3 Å². The van der Waals surface area contributed by atoms with Crippen LogP contribution in [-0.2, 0) is 6.54 Å². The molecule has 5 heteroatoms. The van der Waals surface area contributed by atoms with Gasteiger partial charge in [-0.2, -0.15) is 10.2 Å². The van der Waals surface area contributed by atoms with Gasteiger partial charge in [-0.15, -0.1) is 0 Å². The van der Waals surface area contributed by atoms with Gasteiger partial charge in [0.1, 0.15) is 0 Å². The Morgan fingerprint density at radius 1 is 1.21 bits per heavy atom. The van der Waals surface area contributed by atoms with E-state index in [0.29, 0.717) is 12.1 Å². The summed E-state index contributed by atoms with van der Waals surface area (Å²) < 4.78 is 0. The molecule has 19 heavy (non-hydrogen) atoms. The van der Waals surface area contributed by atoms with Crippen molar-refractivity contribution in [3.05, 3.63) is 53.9 Å². The first-order chi connectivity index (χ1) is 9.31. The van der Waals surface area contributed by atoms with Crippen LogP contribution in [0.2, 0.25) is 0 Å². The van der Waals surface area contributed by atoms with Crippen LogP contribution in [0.25, 0.3) is 0 Å². The standard InChI is InChI=1S/C14H16N4O/c1-2-15-13-8-4-3-7-12(13)14(19)16-10-11-6-5-9-17-18-11/h3-9,15H,2,10H2,1H3,(H,16,19). The first kappa shape index (κ1) is 13.0. The highest BCUT2D eigenvalue weighted by molar-refractivity contribution is 5.99. The molecule has 1 amide bonds. The van der Waals surface area contributed by atoms with Crippen molar-refractivity contribution in [2.75, 3.05) is 11.9 Å². The molecule has 0 radical (unpaired) electrons. The first-order valence-corrected chi connectivity index (χ1v) is 6.19. The molecule has 98 valence electrons. The molecule has 2 rings (SSSR count). The monoisotopic (exact) mass is 256 g/mol. The zero-order valence-electron chi connectivity index (χ0n) is 10.8. The number of hydrogen-bond acceptors (Lipinski definition) is 4. The van der Waals surface area contributed by atoms with Crippen LogP contribution in [0.3, 0.4) is 0 Å². The number of nitrogens with one attached hydrogen (secondary N) is 2. The molecule has 0 fully saturated rings. The van der Waals surface area contributed by atoms with Gasteiger partial charge in [0.2, 0.25) is 0 Å². The Bertz CT molecular complexity index is 542. The largest absolute Gasteiger partial charge is 0.385 e. The molecule has 0 aliphatic carbocycles. The summed E-state index contributed by atoms with van der Waals surface area (Å²) in [6.45, 7) is 3.13. The molecule has 0 spiro atoms. The van der Waals surface area contributed by atoms with Gasteiger partial charge in [0.15, 0.2) is 0 Å². The minimum Gasteiger partial charge on any atom is -0.385 e. The molecule has 0 unspecified atom stereocenters. The summed E-state index contributed by atoms with van der Waals surface area (Å²) in [5, 5.41) is 13.7. The van der Waals surface area contributed by atoms with E-state index >= 15 is 0 Å². The minimum absolute atomic E-state index is 0.123. The summed E-state index contributed by atoms with van der Waals surface area (Å²) in [4.78, 5) is 12.1. The van der Waals surface area contributed by atoms with Gasteiger partial charge in [-0.3, -0.25) is 4.79 Å². The van der Waals surface area contributed by atoms with Crippen molar-refractivity contribution in [2.24, 2.45) is 0 Å². The van der Waals surface area contributed by atoms with Gasteiger partial charge in [0.05, 0.1) is 17.8 Å². The quantitative estimate of drug-likeness (QED) is 0.856. The predicted molar refractivity (Wildman–Crippen MR) is 73.8 cm³/mol. The molecule has 2 aromatic rings. The maximum atomic E-state index is 12.1. The molecule has 0 saturated carbocycles. The van der Waals surface area contributed by atoms with Gasteiger partial charge in [-0.25, -0.2) is 0 Å². The molecule has 1 heterocycles. The highest BCUT2D eigenvalue weighted by Gasteiger charge is 2.09. The van der Waals surface area contributed by atoms with E-state index in [-0.39, 0.29) is 5.91 Å². The van der Waals surface area contributed by atoms with Crippen LogP contribution in [0.1, 0.15) is 23.0 Å². The third-order valence-electron chi connectivity index (χ3n) is 2.60. The third-order valence-corrected chi connectivity index (χ3v) is 2.60. The molecule has 0 atom stereocenters. The smallest absolute Gasteiger partial charge is 0.253 e. The zero-order chi connectivity index (χ0) is 13.5. The van der Waals surface area contributed by atoms with Crippen molar-refractivity contribution < 1.29 is 4.79 Å². The minimum atomic E-state index is -0.123. The lowest BCUT2D eigenvalue weighted by atomic mass is 10.1. The van der Waals surface area contributed by atoms with Crippen molar-refractivity contribution >= 4 is 11.6 Å². The average Bonchev–Trinajstić information content (AvgIpc) is 2.47. The lowest BCUT2D eigenvalue weighted by molar-refractivity contribution is 0.0951. The fourth-order valence-electron chi connectivity index (χ4n) is 1.72. The summed E-state index contributed by atoms with van der Waals surface area (Å²) in [6.07, 6.45) is 1.60. The Morgan fingerprint density at radius 3 is 2.79 bits per heavy atom. The molecule has 0 saturated heterocycles. The Balaban J connectivity index is 2.04. The summed E-state index contributed by atoms with van der Waals surface area (Å²) >= 11 is 0. The molecule has 2 N–H and O–H groups in total. The Labute approximate surface area is 112 Å². The maximum Gasteiger partial charge on any atom is 0.253 e. The second-order valence-corrected chi connectivity index (χ2v) is 3.97. The van der Waals surface area contributed by atoms with E-state index in [1.165, 1.54) is 0 Å². The van der Waals surface area contributed by atoms with Crippen molar-refractivity contribution in [3.63, 3.8) is 0 Å². The van der Waals surface area contributed by atoms with Crippen LogP contribution in [0.4, 0.5) is 5.69 Å². The third kappa shape index (κ3) is 3.51. The van der Waals surface area contributed by atoms with Gasteiger partial charge in [0, 0.05) is 18.4 Å². The number of aromatic nitrogens is 2. The Kier molecular flexibility index (Phi) is 4.44. The molecular formula is C14H16N4O. The molecule has 1 aromatic heterocycles. The van der Waals surface area contributed by atoms with E-state index in [1.807, 2.05) is 31.2 Å². The van der Waals surface area contributed by atoms with Gasteiger partial charge < -0.3 is 10.6 Å². The predicted octanol–water partition coefficient (Wildman–Crippen LogP) is 1.84. The number of amides is 1. The summed E-state index contributed by atoms with van der Waals surface area (Å²) in [6, 6.07) is 11.0. The van der Waals surface area contributed by atoms with Crippen LogP contribution < -0.4 is 10.6 Å². The van der Waals surface area contributed by atoms with Gasteiger partial charge in [-0.05, 0) is 31.2 Å². The van der Waals surface area contributed by atoms with Gasteiger partial charge in [0.25, 0.3) is 5.91 Å². The fourth-order valence-corrected chi connectivity index (χ4v) is 1.72. The van der Waals surface area contributed by atoms with E-state index in [9.17, 15) is 4.79 Å². The van der Waals surface area contributed by atoms with Crippen molar-refractivity contribution in [2.45, 2.75) is 13.5 Å². The van der Waals surface area contributed by atoms with Crippen LogP contribution in [-0.4, -0.2) is 22.6 Å². The second kappa shape index (κ2) is 6.49. The van der Waals surface area contributed by atoms with E-state index < -0.39 is 0 Å². The van der Waals surface area contributed by atoms with Crippen molar-refractivity contribution in [1.29, 1.82) is 0 Å². The Morgan fingerprint density at radius 2 is 2.05 bits per heavy atom. The number of para-hydroxylation sites is 1. The SMILES string of the molecule is CCNc1ccccc1C(=O)NCc1cccnn1. The second-order valence-electron chi connectivity index (χ2n) is 3.97. The lowest BCUT2D eigenvalue weighted by Crippen LogP contribution is -2.24. The van der Waals surface area contributed by atoms with Crippen molar-refractivity contribution in [3.8, 4) is 0 Å². The van der Waals surface area contributed by atoms with Crippen LogP contribution in [0.5, 0.6) is 0 Å². The molecule has 0 bridgehead atoms. The number of nitrogens with zero attached hydrogens (tertiary/aromatic N) is 2. The summed E-state index contributed by atoms with van der Waals surface area (Å²) in [5.41, 5.74) is 2.20. The molecule has 1 aromatic carbocycles. The maximum absolute atomic E-state index is 12.1. The number of hydrogen-bond donors (Lipinski definition) is 2. The lowest BCUT2D eigenvalue weighted by Gasteiger charge is -2.10. The van der Waals surface area contributed by atoms with Gasteiger partial charge in [-0.1, -0.05) is 12.1 Å². The van der Waals surface area contributed by atoms with Crippen LogP contribution in [0.15, 0.2) is 42.6 Å². The number of carbonyl (C=O) groups is 1. The van der Waals surface area contributed by atoms with E-state index in [4.69, 9.17) is 0 Å². The van der Waals surface area contributed by atoms with E-state index in [0.717, 1.165) is 17.9 Å². The van der Waals surface area contributed by atoms with Crippen LogP contribution in [0, 0.1) is 0 Å².